The van der Waals surface area contributed by atoms with Crippen LogP contribution < -0.4 is 4.90 Å². The number of carboxylic acid groups (broad SMARTS) is 1. The Bertz CT molecular complexity index is 1090. The first-order valence-electron chi connectivity index (χ1n) is 14.6. The van der Waals surface area contributed by atoms with Gasteiger partial charge < -0.3 is 14.9 Å². The Labute approximate surface area is 231 Å². The second kappa shape index (κ2) is 13.0. The highest BCUT2D eigenvalue weighted by atomic mass is 19.1. The quantitative estimate of drug-likeness (QED) is 0.437. The third-order valence-electron chi connectivity index (χ3n) is 9.15. The minimum Gasteiger partial charge on any atom is -0.481 e. The Morgan fingerprint density at radius 1 is 1.08 bits per heavy atom. The summed E-state index contributed by atoms with van der Waals surface area (Å²) in [6, 6.07) is 9.64. The summed E-state index contributed by atoms with van der Waals surface area (Å²) in [6.45, 7) is 9.48. The van der Waals surface area contributed by atoms with Crippen molar-refractivity contribution in [2.24, 2.45) is 11.8 Å². The van der Waals surface area contributed by atoms with E-state index in [1.165, 1.54) is 6.07 Å². The minimum absolute atomic E-state index is 0.183. The van der Waals surface area contributed by atoms with Crippen LogP contribution in [-0.4, -0.2) is 82.2 Å². The van der Waals surface area contributed by atoms with E-state index in [-0.39, 0.29) is 24.1 Å². The molecule has 3 fully saturated rings. The highest BCUT2D eigenvalue weighted by Gasteiger charge is 2.41. The van der Waals surface area contributed by atoms with Crippen LogP contribution >= 0.6 is 0 Å². The highest BCUT2D eigenvalue weighted by Crippen LogP contribution is 2.40. The molecule has 8 heteroatoms. The number of likely N-dealkylation sites (tertiary alicyclic amines) is 2. The largest absolute Gasteiger partial charge is 0.481 e. The molecular formula is C31H42FN5O2. The lowest BCUT2D eigenvalue weighted by molar-refractivity contribution is -0.139. The molecule has 2 aromatic rings. The minimum atomic E-state index is -0.696. The SMILES string of the molecule is C=CCN(c1ncccn1)C1CCN(CC2CN(C3CCCCC3CC(=O)O)CC2c2cccc(F)c2)CC1. The van der Waals surface area contributed by atoms with E-state index in [0.717, 1.165) is 89.3 Å². The summed E-state index contributed by atoms with van der Waals surface area (Å²) in [5, 5.41) is 9.54. The molecular weight excluding hydrogens is 493 g/mol. The molecule has 0 radical (unpaired) electrons. The molecule has 1 aliphatic carbocycles. The number of aromatic nitrogens is 2. The molecule has 7 nitrogen and oxygen atoms in total. The number of hydrogen-bond acceptors (Lipinski definition) is 6. The van der Waals surface area contributed by atoms with Crippen molar-refractivity contribution in [1.29, 1.82) is 0 Å². The van der Waals surface area contributed by atoms with Crippen LogP contribution in [0.5, 0.6) is 0 Å². The van der Waals surface area contributed by atoms with Crippen LogP contribution in [0.25, 0.3) is 0 Å². The Hall–Kier alpha value is -2.84. The fourth-order valence-electron chi connectivity index (χ4n) is 7.32. The summed E-state index contributed by atoms with van der Waals surface area (Å²) < 4.78 is 14.3. The molecule has 5 rings (SSSR count). The lowest BCUT2D eigenvalue weighted by Gasteiger charge is -2.39. The van der Waals surface area contributed by atoms with Crippen molar-refractivity contribution in [3.8, 4) is 0 Å². The van der Waals surface area contributed by atoms with Gasteiger partial charge in [-0.2, -0.15) is 0 Å². The summed E-state index contributed by atoms with van der Waals surface area (Å²) in [4.78, 5) is 28.0. The van der Waals surface area contributed by atoms with Crippen molar-refractivity contribution < 1.29 is 14.3 Å². The second-order valence-corrected chi connectivity index (χ2v) is 11.6. The van der Waals surface area contributed by atoms with E-state index in [2.05, 4.69) is 37.3 Å². The van der Waals surface area contributed by atoms with Crippen molar-refractivity contribution in [2.75, 3.05) is 44.2 Å². The molecule has 2 aliphatic heterocycles. The van der Waals surface area contributed by atoms with Crippen molar-refractivity contribution in [3.05, 3.63) is 66.8 Å². The summed E-state index contributed by atoms with van der Waals surface area (Å²) >= 11 is 0. The summed E-state index contributed by atoms with van der Waals surface area (Å²) in [7, 11) is 0. The normalized spacial score (nSPS) is 26.9. The number of halogens is 1. The van der Waals surface area contributed by atoms with Gasteiger partial charge in [-0.05, 0) is 61.3 Å². The van der Waals surface area contributed by atoms with E-state index >= 15 is 0 Å². The number of benzene rings is 1. The lowest BCUT2D eigenvalue weighted by atomic mass is 9.81. The van der Waals surface area contributed by atoms with Gasteiger partial charge in [0.2, 0.25) is 5.95 Å². The van der Waals surface area contributed by atoms with E-state index in [4.69, 9.17) is 0 Å². The fourth-order valence-corrected chi connectivity index (χ4v) is 7.32. The van der Waals surface area contributed by atoms with Gasteiger partial charge >= 0.3 is 5.97 Å². The van der Waals surface area contributed by atoms with Crippen molar-refractivity contribution >= 4 is 11.9 Å². The van der Waals surface area contributed by atoms with E-state index in [1.807, 2.05) is 18.2 Å². The molecule has 0 amide bonds. The van der Waals surface area contributed by atoms with Gasteiger partial charge in [0, 0.05) is 76.1 Å². The number of nitrogens with zero attached hydrogens (tertiary/aromatic N) is 5. The maximum atomic E-state index is 14.3. The summed E-state index contributed by atoms with van der Waals surface area (Å²) in [5.41, 5.74) is 1.07. The topological polar surface area (TPSA) is 72.8 Å². The Balaban J connectivity index is 1.27. The van der Waals surface area contributed by atoms with Crippen LogP contribution in [0, 0.1) is 17.7 Å². The molecule has 3 heterocycles. The number of aliphatic carboxylic acids is 1. The van der Waals surface area contributed by atoms with Gasteiger partial charge in [0.25, 0.3) is 0 Å². The molecule has 1 aromatic heterocycles. The van der Waals surface area contributed by atoms with Gasteiger partial charge in [0.05, 0.1) is 0 Å². The molecule has 1 saturated carbocycles. The van der Waals surface area contributed by atoms with Crippen LogP contribution in [0.3, 0.4) is 0 Å². The number of carboxylic acids is 1. The average Bonchev–Trinajstić information content (AvgIpc) is 3.36. The van der Waals surface area contributed by atoms with E-state index in [0.29, 0.717) is 18.0 Å². The van der Waals surface area contributed by atoms with Gasteiger partial charge in [-0.15, -0.1) is 6.58 Å². The second-order valence-electron chi connectivity index (χ2n) is 11.6. The molecule has 0 bridgehead atoms. The van der Waals surface area contributed by atoms with E-state index in [9.17, 15) is 14.3 Å². The lowest BCUT2D eigenvalue weighted by Crippen LogP contribution is -2.47. The Morgan fingerprint density at radius 2 is 1.85 bits per heavy atom. The number of anilines is 1. The zero-order chi connectivity index (χ0) is 27.2. The highest BCUT2D eigenvalue weighted by molar-refractivity contribution is 5.67. The third kappa shape index (κ3) is 6.84. The fraction of sp³-hybridized carbons (Fsp3) is 0.581. The molecule has 2 saturated heterocycles. The Kier molecular flexibility index (Phi) is 9.24. The molecule has 210 valence electrons. The summed E-state index contributed by atoms with van der Waals surface area (Å²) in [6.07, 6.45) is 12.1. The van der Waals surface area contributed by atoms with Crippen LogP contribution in [0.15, 0.2) is 55.4 Å². The maximum Gasteiger partial charge on any atom is 0.303 e. The van der Waals surface area contributed by atoms with Gasteiger partial charge in [-0.25, -0.2) is 14.4 Å². The number of carbonyl (C=O) groups is 1. The average molecular weight is 536 g/mol. The van der Waals surface area contributed by atoms with E-state index in [1.54, 1.807) is 18.5 Å². The smallest absolute Gasteiger partial charge is 0.303 e. The predicted octanol–water partition coefficient (Wildman–Crippen LogP) is 4.82. The predicted molar refractivity (Wildman–Crippen MR) is 151 cm³/mol. The molecule has 3 aliphatic rings. The molecule has 39 heavy (non-hydrogen) atoms. The number of hydrogen-bond donors (Lipinski definition) is 1. The van der Waals surface area contributed by atoms with Crippen LogP contribution in [-0.2, 0) is 4.79 Å². The Morgan fingerprint density at radius 3 is 2.56 bits per heavy atom. The van der Waals surface area contributed by atoms with Crippen molar-refractivity contribution in [1.82, 2.24) is 19.8 Å². The monoisotopic (exact) mass is 535 g/mol. The number of piperidine rings is 1. The standard InChI is InChI=1S/C31H42FN5O2/c1-2-15-37(31-33-13-6-14-34-31)27-11-16-35(17-12-27)20-25-21-36(22-28(25)23-8-5-9-26(32)18-23)29-10-4-3-7-24(29)19-30(38)39/h2,5-6,8-9,13-14,18,24-25,27-29H,1,3-4,7,10-12,15-17,19-22H2,(H,38,39). The summed E-state index contributed by atoms with van der Waals surface area (Å²) in [5.74, 6) is 0.723. The molecule has 4 atom stereocenters. The third-order valence-corrected chi connectivity index (χ3v) is 9.15. The first-order valence-corrected chi connectivity index (χ1v) is 14.6. The van der Waals surface area contributed by atoms with E-state index < -0.39 is 5.97 Å². The molecule has 4 unspecified atom stereocenters. The molecule has 1 aromatic carbocycles. The van der Waals surface area contributed by atoms with Gasteiger partial charge in [-0.3, -0.25) is 9.69 Å². The van der Waals surface area contributed by atoms with Gasteiger partial charge in [0.15, 0.2) is 0 Å². The first kappa shape index (κ1) is 27.7. The zero-order valence-electron chi connectivity index (χ0n) is 22.9. The van der Waals surface area contributed by atoms with Crippen molar-refractivity contribution in [3.63, 3.8) is 0 Å². The van der Waals surface area contributed by atoms with Crippen LogP contribution in [0.1, 0.15) is 56.4 Å². The first-order chi connectivity index (χ1) is 19.0. The van der Waals surface area contributed by atoms with Crippen LogP contribution in [0.2, 0.25) is 0 Å². The molecule has 1 N–H and O–H groups in total. The molecule has 0 spiro atoms. The zero-order valence-corrected chi connectivity index (χ0v) is 22.9. The maximum absolute atomic E-state index is 14.3. The van der Waals surface area contributed by atoms with Crippen LogP contribution in [0.4, 0.5) is 10.3 Å². The van der Waals surface area contributed by atoms with Crippen molar-refractivity contribution in [2.45, 2.75) is 62.9 Å². The van der Waals surface area contributed by atoms with Gasteiger partial charge in [-0.1, -0.05) is 31.1 Å². The van der Waals surface area contributed by atoms with Gasteiger partial charge in [0.1, 0.15) is 5.82 Å². The number of rotatable bonds is 10.